The van der Waals surface area contributed by atoms with Crippen LogP contribution in [-0.4, -0.2) is 45.0 Å². The summed E-state index contributed by atoms with van der Waals surface area (Å²) in [6.07, 6.45) is 3.93. The molecule has 0 spiro atoms. The maximum Gasteiger partial charge on any atom is 0.231 e. The van der Waals surface area contributed by atoms with Gasteiger partial charge < -0.3 is 24.4 Å². The molecule has 21 heavy (non-hydrogen) atoms. The van der Waals surface area contributed by atoms with E-state index in [1.807, 2.05) is 12.1 Å². The van der Waals surface area contributed by atoms with Crippen molar-refractivity contribution in [2.24, 2.45) is 0 Å². The first-order chi connectivity index (χ1) is 10.4. The number of likely N-dealkylation sites (tertiary alicyclic amines) is 1. The molecule has 0 amide bonds. The SMILES string of the molecule is COc1cc(CNCCCN2CCCC2)cc2c1OCO2. The van der Waals surface area contributed by atoms with Crippen LogP contribution in [0.4, 0.5) is 0 Å². The molecule has 1 saturated heterocycles. The van der Waals surface area contributed by atoms with Crippen molar-refractivity contribution < 1.29 is 14.2 Å². The molecule has 2 aliphatic rings. The second-order valence-electron chi connectivity index (χ2n) is 5.61. The third-order valence-corrected chi connectivity index (χ3v) is 4.07. The van der Waals surface area contributed by atoms with E-state index in [0.29, 0.717) is 0 Å². The van der Waals surface area contributed by atoms with Gasteiger partial charge in [-0.05, 0) is 63.1 Å². The third kappa shape index (κ3) is 3.60. The van der Waals surface area contributed by atoms with E-state index in [-0.39, 0.29) is 6.79 Å². The normalized spacial score (nSPS) is 17.4. The largest absolute Gasteiger partial charge is 0.493 e. The van der Waals surface area contributed by atoms with E-state index in [9.17, 15) is 0 Å². The van der Waals surface area contributed by atoms with Crippen LogP contribution < -0.4 is 19.5 Å². The second kappa shape index (κ2) is 7.00. The fourth-order valence-corrected chi connectivity index (χ4v) is 2.95. The topological polar surface area (TPSA) is 43.0 Å². The van der Waals surface area contributed by atoms with Crippen molar-refractivity contribution >= 4 is 0 Å². The van der Waals surface area contributed by atoms with Gasteiger partial charge in [0.05, 0.1) is 7.11 Å². The predicted octanol–water partition coefficient (Wildman–Crippen LogP) is 2.00. The first-order valence-electron chi connectivity index (χ1n) is 7.76. The molecule has 2 aliphatic heterocycles. The zero-order valence-electron chi connectivity index (χ0n) is 12.7. The fraction of sp³-hybridized carbons (Fsp3) is 0.625. The molecule has 0 atom stereocenters. The van der Waals surface area contributed by atoms with Gasteiger partial charge >= 0.3 is 0 Å². The van der Waals surface area contributed by atoms with Crippen molar-refractivity contribution in [1.29, 1.82) is 0 Å². The Morgan fingerprint density at radius 3 is 2.90 bits per heavy atom. The molecule has 0 bridgehead atoms. The van der Waals surface area contributed by atoms with E-state index >= 15 is 0 Å². The summed E-state index contributed by atoms with van der Waals surface area (Å²) in [6, 6.07) is 4.04. The van der Waals surface area contributed by atoms with Crippen LogP contribution in [0.3, 0.4) is 0 Å². The third-order valence-electron chi connectivity index (χ3n) is 4.07. The number of methoxy groups -OCH3 is 1. The molecule has 3 rings (SSSR count). The highest BCUT2D eigenvalue weighted by Crippen LogP contribution is 2.41. The summed E-state index contributed by atoms with van der Waals surface area (Å²) < 4.78 is 16.2. The van der Waals surface area contributed by atoms with E-state index in [1.165, 1.54) is 38.9 Å². The van der Waals surface area contributed by atoms with Crippen molar-refractivity contribution in [2.45, 2.75) is 25.8 Å². The Bertz CT molecular complexity index is 473. The van der Waals surface area contributed by atoms with Gasteiger partial charge in [0.25, 0.3) is 0 Å². The van der Waals surface area contributed by atoms with Gasteiger partial charge in [0.2, 0.25) is 12.5 Å². The van der Waals surface area contributed by atoms with Gasteiger partial charge in [-0.3, -0.25) is 0 Å². The van der Waals surface area contributed by atoms with Gasteiger partial charge in [-0.15, -0.1) is 0 Å². The van der Waals surface area contributed by atoms with Crippen LogP contribution in [0.25, 0.3) is 0 Å². The quantitative estimate of drug-likeness (QED) is 0.779. The smallest absolute Gasteiger partial charge is 0.231 e. The molecule has 0 aliphatic carbocycles. The minimum atomic E-state index is 0.276. The number of ether oxygens (including phenoxy) is 3. The summed E-state index contributed by atoms with van der Waals surface area (Å²) in [5.41, 5.74) is 1.16. The molecule has 1 N–H and O–H groups in total. The maximum atomic E-state index is 5.44. The molecule has 0 unspecified atom stereocenters. The lowest BCUT2D eigenvalue weighted by atomic mass is 10.2. The highest BCUT2D eigenvalue weighted by Gasteiger charge is 2.19. The fourth-order valence-electron chi connectivity index (χ4n) is 2.95. The monoisotopic (exact) mass is 292 g/mol. The summed E-state index contributed by atoms with van der Waals surface area (Å²) in [7, 11) is 1.66. The summed E-state index contributed by atoms with van der Waals surface area (Å²) >= 11 is 0. The van der Waals surface area contributed by atoms with Crippen molar-refractivity contribution in [3.8, 4) is 17.2 Å². The minimum Gasteiger partial charge on any atom is -0.493 e. The van der Waals surface area contributed by atoms with Crippen LogP contribution in [0, 0.1) is 0 Å². The molecular weight excluding hydrogens is 268 g/mol. The van der Waals surface area contributed by atoms with E-state index < -0.39 is 0 Å². The molecule has 2 heterocycles. The number of hydrogen-bond acceptors (Lipinski definition) is 5. The molecule has 1 fully saturated rings. The Hall–Kier alpha value is -1.46. The maximum absolute atomic E-state index is 5.44. The number of hydrogen-bond donors (Lipinski definition) is 1. The first kappa shape index (κ1) is 14.5. The molecular formula is C16H24N2O3. The van der Waals surface area contributed by atoms with Gasteiger partial charge in [0, 0.05) is 6.54 Å². The van der Waals surface area contributed by atoms with Crippen LogP contribution in [-0.2, 0) is 6.54 Å². The molecule has 0 aromatic heterocycles. The van der Waals surface area contributed by atoms with E-state index in [2.05, 4.69) is 10.2 Å². The van der Waals surface area contributed by atoms with Crippen LogP contribution in [0.1, 0.15) is 24.8 Å². The van der Waals surface area contributed by atoms with Crippen LogP contribution >= 0.6 is 0 Å². The van der Waals surface area contributed by atoms with E-state index in [4.69, 9.17) is 14.2 Å². The summed E-state index contributed by atoms with van der Waals surface area (Å²) in [6.45, 7) is 5.90. The van der Waals surface area contributed by atoms with Crippen molar-refractivity contribution in [3.63, 3.8) is 0 Å². The van der Waals surface area contributed by atoms with Crippen molar-refractivity contribution in [1.82, 2.24) is 10.2 Å². The summed E-state index contributed by atoms with van der Waals surface area (Å²) in [5, 5.41) is 3.49. The van der Waals surface area contributed by atoms with Crippen LogP contribution in [0.2, 0.25) is 0 Å². The molecule has 1 aromatic rings. The van der Waals surface area contributed by atoms with Gasteiger partial charge in [0.1, 0.15) is 0 Å². The van der Waals surface area contributed by atoms with Crippen molar-refractivity contribution in [2.75, 3.05) is 40.1 Å². The predicted molar refractivity (Wildman–Crippen MR) is 81.1 cm³/mol. The van der Waals surface area contributed by atoms with Crippen LogP contribution in [0.5, 0.6) is 17.2 Å². The zero-order valence-corrected chi connectivity index (χ0v) is 12.7. The highest BCUT2D eigenvalue weighted by molar-refractivity contribution is 5.55. The van der Waals surface area contributed by atoms with Crippen molar-refractivity contribution in [3.05, 3.63) is 17.7 Å². The molecule has 1 aromatic carbocycles. The van der Waals surface area contributed by atoms with Crippen LogP contribution in [0.15, 0.2) is 12.1 Å². The zero-order chi connectivity index (χ0) is 14.5. The Morgan fingerprint density at radius 1 is 1.24 bits per heavy atom. The highest BCUT2D eigenvalue weighted by atomic mass is 16.7. The molecule has 5 heteroatoms. The Balaban J connectivity index is 1.44. The number of fused-ring (bicyclic) bond motifs is 1. The molecule has 0 saturated carbocycles. The average Bonchev–Trinajstić information content (AvgIpc) is 3.16. The summed E-state index contributed by atoms with van der Waals surface area (Å²) in [4.78, 5) is 2.55. The number of benzene rings is 1. The molecule has 116 valence electrons. The van der Waals surface area contributed by atoms with Gasteiger partial charge in [-0.2, -0.15) is 0 Å². The van der Waals surface area contributed by atoms with Gasteiger partial charge in [-0.1, -0.05) is 0 Å². The second-order valence-corrected chi connectivity index (χ2v) is 5.61. The summed E-state index contributed by atoms with van der Waals surface area (Å²) in [5.74, 6) is 2.25. The molecule has 0 radical (unpaired) electrons. The number of nitrogens with zero attached hydrogens (tertiary/aromatic N) is 1. The lowest BCUT2D eigenvalue weighted by molar-refractivity contribution is 0.171. The Kier molecular flexibility index (Phi) is 4.83. The number of nitrogens with one attached hydrogen (secondary N) is 1. The van der Waals surface area contributed by atoms with E-state index in [0.717, 1.165) is 35.9 Å². The van der Waals surface area contributed by atoms with Gasteiger partial charge in [0.15, 0.2) is 11.5 Å². The average molecular weight is 292 g/mol. The first-order valence-corrected chi connectivity index (χ1v) is 7.76. The Morgan fingerprint density at radius 2 is 2.10 bits per heavy atom. The standard InChI is InChI=1S/C16H24N2O3/c1-19-14-9-13(10-15-16(14)21-12-20-15)11-17-5-4-8-18-6-2-3-7-18/h9-10,17H,2-8,11-12H2,1H3. The lowest BCUT2D eigenvalue weighted by Gasteiger charge is -2.14. The number of rotatable bonds is 7. The van der Waals surface area contributed by atoms with Gasteiger partial charge in [-0.25, -0.2) is 0 Å². The lowest BCUT2D eigenvalue weighted by Crippen LogP contribution is -2.24. The minimum absolute atomic E-state index is 0.276. The Labute approximate surface area is 126 Å². The molecule has 5 nitrogen and oxygen atoms in total. The van der Waals surface area contributed by atoms with E-state index in [1.54, 1.807) is 7.11 Å².